The lowest BCUT2D eigenvalue weighted by Gasteiger charge is -2.15. The van der Waals surface area contributed by atoms with Crippen LogP contribution in [0.25, 0.3) is 0 Å². The first-order chi connectivity index (χ1) is 6.66. The van der Waals surface area contributed by atoms with E-state index in [4.69, 9.17) is 10.5 Å². The summed E-state index contributed by atoms with van der Waals surface area (Å²) in [4.78, 5) is 1.25. The number of nitrogens with two attached hydrogens (primary N) is 1. The normalized spacial score (nSPS) is 29.4. The lowest BCUT2D eigenvalue weighted by atomic mass is 9.97. The lowest BCUT2D eigenvalue weighted by molar-refractivity contribution is 0.118. The molecule has 4 heteroatoms. The van der Waals surface area contributed by atoms with Crippen molar-refractivity contribution in [3.05, 3.63) is 20.8 Å². The van der Waals surface area contributed by atoms with Crippen molar-refractivity contribution in [3.8, 4) is 0 Å². The average molecular weight is 276 g/mol. The number of halogens is 1. The summed E-state index contributed by atoms with van der Waals surface area (Å²) in [6, 6.07) is 4.29. The van der Waals surface area contributed by atoms with Gasteiger partial charge < -0.3 is 10.5 Å². The van der Waals surface area contributed by atoms with Crippen LogP contribution in [0.15, 0.2) is 15.9 Å². The molecule has 2 heterocycles. The van der Waals surface area contributed by atoms with Crippen molar-refractivity contribution in [1.29, 1.82) is 0 Å². The third-order valence-electron chi connectivity index (χ3n) is 2.66. The van der Waals surface area contributed by atoms with Crippen molar-refractivity contribution in [3.63, 3.8) is 0 Å². The second kappa shape index (κ2) is 4.31. The lowest BCUT2D eigenvalue weighted by Crippen LogP contribution is -2.20. The molecule has 0 amide bonds. The third kappa shape index (κ3) is 2.19. The van der Waals surface area contributed by atoms with Crippen LogP contribution in [0, 0.1) is 5.92 Å². The van der Waals surface area contributed by atoms with E-state index in [1.165, 1.54) is 4.88 Å². The highest BCUT2D eigenvalue weighted by Gasteiger charge is 2.28. The van der Waals surface area contributed by atoms with Gasteiger partial charge in [0.25, 0.3) is 0 Å². The highest BCUT2D eigenvalue weighted by atomic mass is 79.9. The number of rotatable bonds is 2. The topological polar surface area (TPSA) is 35.2 Å². The van der Waals surface area contributed by atoms with Gasteiger partial charge in [-0.25, -0.2) is 0 Å². The second-order valence-corrected chi connectivity index (χ2v) is 6.30. The summed E-state index contributed by atoms with van der Waals surface area (Å²) < 4.78 is 6.68. The van der Waals surface area contributed by atoms with E-state index in [0.29, 0.717) is 12.0 Å². The summed E-state index contributed by atoms with van der Waals surface area (Å²) in [5.74, 6) is 0.482. The Hall–Kier alpha value is 0.1000. The van der Waals surface area contributed by atoms with E-state index in [1.807, 2.05) is 0 Å². The average Bonchev–Trinajstić information content (AvgIpc) is 2.73. The summed E-state index contributed by atoms with van der Waals surface area (Å²) in [5, 5.41) is 0. The zero-order valence-corrected chi connectivity index (χ0v) is 10.5. The SMILES string of the molecule is CC1CC(C(N)c2ccc(Br)s2)CO1. The fourth-order valence-corrected chi connectivity index (χ4v) is 3.36. The van der Waals surface area contributed by atoms with Crippen LogP contribution < -0.4 is 5.73 Å². The largest absolute Gasteiger partial charge is 0.378 e. The van der Waals surface area contributed by atoms with Crippen molar-refractivity contribution in [2.75, 3.05) is 6.61 Å². The Balaban J connectivity index is 2.05. The zero-order chi connectivity index (χ0) is 10.1. The number of ether oxygens (including phenoxy) is 1. The number of hydrogen-bond donors (Lipinski definition) is 1. The molecule has 2 rings (SSSR count). The number of hydrogen-bond acceptors (Lipinski definition) is 3. The molecule has 0 aliphatic carbocycles. The molecule has 1 aromatic rings. The molecular formula is C10H14BrNOS. The highest BCUT2D eigenvalue weighted by molar-refractivity contribution is 9.11. The first kappa shape index (κ1) is 10.6. The van der Waals surface area contributed by atoms with E-state index in [2.05, 4.69) is 35.0 Å². The minimum atomic E-state index is 0.135. The van der Waals surface area contributed by atoms with Crippen LogP contribution in [0.2, 0.25) is 0 Å². The molecule has 0 saturated carbocycles. The van der Waals surface area contributed by atoms with E-state index >= 15 is 0 Å². The van der Waals surface area contributed by atoms with Crippen molar-refractivity contribution in [2.45, 2.75) is 25.5 Å². The van der Waals surface area contributed by atoms with Crippen molar-refractivity contribution in [2.24, 2.45) is 11.7 Å². The first-order valence-corrected chi connectivity index (χ1v) is 6.40. The molecule has 1 aromatic heterocycles. The Morgan fingerprint density at radius 2 is 2.43 bits per heavy atom. The minimum absolute atomic E-state index is 0.135. The summed E-state index contributed by atoms with van der Waals surface area (Å²) >= 11 is 5.17. The molecule has 0 bridgehead atoms. The van der Waals surface area contributed by atoms with Crippen molar-refractivity contribution < 1.29 is 4.74 Å². The van der Waals surface area contributed by atoms with Crippen LogP contribution in [0.3, 0.4) is 0 Å². The van der Waals surface area contributed by atoms with Crippen molar-refractivity contribution >= 4 is 27.3 Å². The molecular weight excluding hydrogens is 262 g/mol. The molecule has 3 atom stereocenters. The standard InChI is InChI=1S/C10H14BrNOS/c1-6-4-7(5-13-6)10(12)8-2-3-9(11)14-8/h2-3,6-7,10H,4-5,12H2,1H3. The summed E-state index contributed by atoms with van der Waals surface area (Å²) in [7, 11) is 0. The quantitative estimate of drug-likeness (QED) is 0.901. The molecule has 0 aromatic carbocycles. The van der Waals surface area contributed by atoms with E-state index in [9.17, 15) is 0 Å². The van der Waals surface area contributed by atoms with Gasteiger partial charge in [0.1, 0.15) is 0 Å². The van der Waals surface area contributed by atoms with E-state index in [0.717, 1.165) is 16.8 Å². The molecule has 1 aliphatic heterocycles. The van der Waals surface area contributed by atoms with Gasteiger partial charge >= 0.3 is 0 Å². The molecule has 1 fully saturated rings. The smallest absolute Gasteiger partial charge is 0.0701 e. The van der Waals surface area contributed by atoms with E-state index in [-0.39, 0.29) is 6.04 Å². The van der Waals surface area contributed by atoms with E-state index < -0.39 is 0 Å². The van der Waals surface area contributed by atoms with Crippen LogP contribution >= 0.6 is 27.3 Å². The Morgan fingerprint density at radius 3 is 2.93 bits per heavy atom. The van der Waals surface area contributed by atoms with Gasteiger partial charge in [-0.3, -0.25) is 0 Å². The maximum absolute atomic E-state index is 6.19. The zero-order valence-electron chi connectivity index (χ0n) is 8.07. The monoisotopic (exact) mass is 275 g/mol. The predicted molar refractivity (Wildman–Crippen MR) is 62.5 cm³/mol. The maximum Gasteiger partial charge on any atom is 0.0701 e. The van der Waals surface area contributed by atoms with Gasteiger partial charge in [-0.15, -0.1) is 11.3 Å². The van der Waals surface area contributed by atoms with Gasteiger partial charge in [0.05, 0.1) is 16.5 Å². The predicted octanol–water partition coefficient (Wildman–Crippen LogP) is 2.94. The Labute approximate surface area is 96.6 Å². The summed E-state index contributed by atoms with van der Waals surface area (Å²) in [6.07, 6.45) is 1.45. The molecule has 0 spiro atoms. The Kier molecular flexibility index (Phi) is 3.27. The fraction of sp³-hybridized carbons (Fsp3) is 0.600. The van der Waals surface area contributed by atoms with Crippen LogP contribution in [-0.2, 0) is 4.74 Å². The Morgan fingerprint density at radius 1 is 1.64 bits per heavy atom. The molecule has 1 aliphatic rings. The molecule has 3 unspecified atom stereocenters. The molecule has 1 saturated heterocycles. The van der Waals surface area contributed by atoms with Crippen molar-refractivity contribution in [1.82, 2.24) is 0 Å². The maximum atomic E-state index is 6.19. The van der Waals surface area contributed by atoms with Crippen LogP contribution in [0.4, 0.5) is 0 Å². The summed E-state index contributed by atoms with van der Waals surface area (Å²) in [6.45, 7) is 2.91. The van der Waals surface area contributed by atoms with Crippen LogP contribution in [-0.4, -0.2) is 12.7 Å². The Bertz CT molecular complexity index is 315. The van der Waals surface area contributed by atoms with Gasteiger partial charge in [-0.1, -0.05) is 0 Å². The van der Waals surface area contributed by atoms with Crippen LogP contribution in [0.1, 0.15) is 24.3 Å². The third-order valence-corrected chi connectivity index (χ3v) is 4.38. The summed E-state index contributed by atoms with van der Waals surface area (Å²) in [5.41, 5.74) is 6.19. The minimum Gasteiger partial charge on any atom is -0.378 e. The fourth-order valence-electron chi connectivity index (χ4n) is 1.84. The van der Waals surface area contributed by atoms with Crippen LogP contribution in [0.5, 0.6) is 0 Å². The number of thiophene rings is 1. The molecule has 0 radical (unpaired) electrons. The van der Waals surface area contributed by atoms with Gasteiger partial charge in [0, 0.05) is 16.8 Å². The second-order valence-electron chi connectivity index (χ2n) is 3.81. The van der Waals surface area contributed by atoms with E-state index in [1.54, 1.807) is 11.3 Å². The first-order valence-electron chi connectivity index (χ1n) is 4.79. The molecule has 2 N–H and O–H groups in total. The highest BCUT2D eigenvalue weighted by Crippen LogP contribution is 2.34. The van der Waals surface area contributed by atoms with Gasteiger partial charge in [0.15, 0.2) is 0 Å². The van der Waals surface area contributed by atoms with Gasteiger partial charge in [0.2, 0.25) is 0 Å². The van der Waals surface area contributed by atoms with Gasteiger partial charge in [-0.05, 0) is 41.4 Å². The molecule has 14 heavy (non-hydrogen) atoms. The van der Waals surface area contributed by atoms with Gasteiger partial charge in [-0.2, -0.15) is 0 Å². The molecule has 2 nitrogen and oxygen atoms in total. The molecule has 78 valence electrons.